The Morgan fingerprint density at radius 2 is 1.91 bits per heavy atom. The zero-order chi connectivity index (χ0) is 15.7. The second-order valence-corrected chi connectivity index (χ2v) is 5.51. The second-order valence-electron chi connectivity index (χ2n) is 5.51. The van der Waals surface area contributed by atoms with Gasteiger partial charge in [-0.15, -0.1) is 4.91 Å². The molecule has 5 heteroatoms. The summed E-state index contributed by atoms with van der Waals surface area (Å²) in [6.45, 7) is 3.89. The maximum atomic E-state index is 11.8. The van der Waals surface area contributed by atoms with E-state index in [9.17, 15) is 4.91 Å². The van der Waals surface area contributed by atoms with Gasteiger partial charge in [0.2, 0.25) is 5.54 Å². The van der Waals surface area contributed by atoms with Gasteiger partial charge in [0.15, 0.2) is 0 Å². The zero-order valence-electron chi connectivity index (χ0n) is 12.5. The first-order valence-electron chi connectivity index (χ1n) is 7.14. The summed E-state index contributed by atoms with van der Waals surface area (Å²) in [4.78, 5) is 16.1. The molecule has 1 aliphatic rings. The molecule has 2 N–H and O–H groups in total. The molecular weight excluding hydrogens is 278 g/mol. The normalized spacial score (nSPS) is 19.7. The van der Waals surface area contributed by atoms with Gasteiger partial charge in [-0.2, -0.15) is 0 Å². The number of fused-ring (bicyclic) bond motifs is 1. The fourth-order valence-corrected chi connectivity index (χ4v) is 2.73. The summed E-state index contributed by atoms with van der Waals surface area (Å²) in [7, 11) is 0. The van der Waals surface area contributed by atoms with E-state index in [2.05, 4.69) is 10.2 Å². The minimum absolute atomic E-state index is 0.0352. The van der Waals surface area contributed by atoms with Crippen molar-refractivity contribution in [3.05, 3.63) is 64.6 Å². The smallest absolute Gasteiger partial charge is 0.211 e. The monoisotopic (exact) mass is 295 g/mol. The van der Waals surface area contributed by atoms with E-state index in [-0.39, 0.29) is 11.9 Å². The Hall–Kier alpha value is -2.69. The van der Waals surface area contributed by atoms with Crippen molar-refractivity contribution in [3.8, 4) is 5.75 Å². The molecule has 0 amide bonds. The van der Waals surface area contributed by atoms with Crippen molar-refractivity contribution in [2.75, 3.05) is 0 Å². The summed E-state index contributed by atoms with van der Waals surface area (Å²) < 4.78 is 5.71. The van der Waals surface area contributed by atoms with Crippen molar-refractivity contribution in [1.29, 1.82) is 0 Å². The second kappa shape index (κ2) is 5.26. The quantitative estimate of drug-likeness (QED) is 0.877. The van der Waals surface area contributed by atoms with E-state index >= 15 is 0 Å². The number of benzene rings is 2. The van der Waals surface area contributed by atoms with Crippen LogP contribution in [-0.2, 0) is 5.54 Å². The fourth-order valence-electron chi connectivity index (χ4n) is 2.73. The molecule has 22 heavy (non-hydrogen) atoms. The van der Waals surface area contributed by atoms with E-state index in [0.717, 1.165) is 0 Å². The Labute approximate surface area is 128 Å². The van der Waals surface area contributed by atoms with Crippen molar-refractivity contribution in [3.63, 3.8) is 0 Å². The summed E-state index contributed by atoms with van der Waals surface area (Å²) in [5, 5.41) is 3.37. The molecule has 112 valence electrons. The number of hydrogen-bond acceptors (Lipinski definition) is 5. The van der Waals surface area contributed by atoms with Crippen LogP contribution >= 0.6 is 0 Å². The van der Waals surface area contributed by atoms with Crippen LogP contribution in [0.2, 0.25) is 0 Å². The summed E-state index contributed by atoms with van der Waals surface area (Å²) in [5.74, 6) is 0.855. The highest BCUT2D eigenvalue weighted by molar-refractivity contribution is 6.02. The molecule has 1 unspecified atom stereocenters. The van der Waals surface area contributed by atoms with Crippen molar-refractivity contribution < 1.29 is 4.74 Å². The molecular formula is C17H17N3O2. The van der Waals surface area contributed by atoms with Gasteiger partial charge in [0.05, 0.1) is 11.8 Å². The highest BCUT2D eigenvalue weighted by Gasteiger charge is 2.46. The minimum atomic E-state index is -1.28. The zero-order valence-corrected chi connectivity index (χ0v) is 12.5. The topological polar surface area (TPSA) is 77.0 Å². The van der Waals surface area contributed by atoms with Crippen LogP contribution in [0, 0.1) is 4.91 Å². The van der Waals surface area contributed by atoms with Crippen LogP contribution in [0.5, 0.6) is 5.75 Å². The van der Waals surface area contributed by atoms with E-state index in [1.54, 1.807) is 12.1 Å². The largest absolute Gasteiger partial charge is 0.491 e. The van der Waals surface area contributed by atoms with E-state index in [4.69, 9.17) is 10.5 Å². The molecule has 1 heterocycles. The Morgan fingerprint density at radius 1 is 1.18 bits per heavy atom. The SMILES string of the molecule is CC(C)Oc1ccc2c(c1)C(N=O)(c1ccccc1)C(N)=N2. The van der Waals surface area contributed by atoms with Crippen LogP contribution in [0.25, 0.3) is 0 Å². The number of aliphatic imine (C=N–C) groups is 1. The maximum Gasteiger partial charge on any atom is 0.211 e. The third-order valence-corrected chi connectivity index (χ3v) is 3.67. The Kier molecular flexibility index (Phi) is 3.41. The van der Waals surface area contributed by atoms with Gasteiger partial charge in [-0.3, -0.25) is 0 Å². The van der Waals surface area contributed by atoms with Crippen molar-refractivity contribution in [1.82, 2.24) is 0 Å². The molecule has 0 bridgehead atoms. The lowest BCUT2D eigenvalue weighted by molar-refractivity contribution is 0.242. The molecule has 0 radical (unpaired) electrons. The molecule has 0 saturated heterocycles. The molecule has 1 atom stereocenters. The summed E-state index contributed by atoms with van der Waals surface area (Å²) in [6, 6.07) is 14.7. The first kappa shape index (κ1) is 14.3. The number of nitrogens with zero attached hydrogens (tertiary/aromatic N) is 2. The van der Waals surface area contributed by atoms with Gasteiger partial charge in [-0.1, -0.05) is 30.3 Å². The number of nitrogens with two attached hydrogens (primary N) is 1. The summed E-state index contributed by atoms with van der Waals surface area (Å²) in [6.07, 6.45) is 0.0352. The number of amidine groups is 1. The van der Waals surface area contributed by atoms with Gasteiger partial charge in [0.25, 0.3) is 0 Å². The third kappa shape index (κ3) is 2.06. The number of ether oxygens (including phenoxy) is 1. The first-order valence-corrected chi connectivity index (χ1v) is 7.14. The molecule has 5 nitrogen and oxygen atoms in total. The van der Waals surface area contributed by atoms with Crippen molar-refractivity contribution in [2.45, 2.75) is 25.5 Å². The van der Waals surface area contributed by atoms with Gasteiger partial charge in [-0.25, -0.2) is 4.99 Å². The summed E-state index contributed by atoms with van der Waals surface area (Å²) >= 11 is 0. The highest BCUT2D eigenvalue weighted by Crippen LogP contribution is 2.45. The van der Waals surface area contributed by atoms with Crippen LogP contribution in [0.4, 0.5) is 5.69 Å². The lowest BCUT2D eigenvalue weighted by Gasteiger charge is -2.23. The number of nitroso groups, excluding NO2 is 1. The lowest BCUT2D eigenvalue weighted by Crippen LogP contribution is -2.37. The average molecular weight is 295 g/mol. The van der Waals surface area contributed by atoms with Crippen LogP contribution in [-0.4, -0.2) is 11.9 Å². The number of hydrogen-bond donors (Lipinski definition) is 1. The summed E-state index contributed by atoms with van der Waals surface area (Å²) in [5.41, 5.74) is 6.80. The van der Waals surface area contributed by atoms with Gasteiger partial charge in [0.1, 0.15) is 11.6 Å². The first-order chi connectivity index (χ1) is 10.6. The van der Waals surface area contributed by atoms with E-state index in [0.29, 0.717) is 22.6 Å². The van der Waals surface area contributed by atoms with Crippen LogP contribution in [0.15, 0.2) is 58.7 Å². The maximum absolute atomic E-state index is 11.8. The molecule has 2 aromatic carbocycles. The molecule has 2 aromatic rings. The van der Waals surface area contributed by atoms with Crippen LogP contribution < -0.4 is 10.5 Å². The molecule has 0 aromatic heterocycles. The molecule has 1 aliphatic heterocycles. The minimum Gasteiger partial charge on any atom is -0.491 e. The lowest BCUT2D eigenvalue weighted by atomic mass is 9.83. The Morgan fingerprint density at radius 3 is 2.55 bits per heavy atom. The average Bonchev–Trinajstić information content (AvgIpc) is 2.79. The van der Waals surface area contributed by atoms with Crippen LogP contribution in [0.1, 0.15) is 25.0 Å². The molecule has 0 aliphatic carbocycles. The Balaban J connectivity index is 2.18. The van der Waals surface area contributed by atoms with Gasteiger partial charge in [0, 0.05) is 5.56 Å². The molecule has 0 saturated carbocycles. The van der Waals surface area contributed by atoms with Gasteiger partial charge in [-0.05, 0) is 42.8 Å². The van der Waals surface area contributed by atoms with Gasteiger partial charge >= 0.3 is 0 Å². The predicted molar refractivity (Wildman–Crippen MR) is 86.5 cm³/mol. The standard InChI is InChI=1S/C17H17N3O2/c1-11(2)22-13-8-9-15-14(10-13)17(20-21,16(18)19-15)12-6-4-3-5-7-12/h3-11H,1-2H3,(H2,18,19). The fraction of sp³-hybridized carbons (Fsp3) is 0.235. The predicted octanol–water partition coefficient (Wildman–Crippen LogP) is 3.49. The number of rotatable bonds is 4. The molecule has 3 rings (SSSR count). The Bertz CT molecular complexity index is 741. The van der Waals surface area contributed by atoms with E-state index in [1.165, 1.54) is 0 Å². The van der Waals surface area contributed by atoms with Crippen LogP contribution in [0.3, 0.4) is 0 Å². The van der Waals surface area contributed by atoms with E-state index in [1.807, 2.05) is 50.2 Å². The van der Waals surface area contributed by atoms with Crippen molar-refractivity contribution >= 4 is 11.5 Å². The third-order valence-electron chi connectivity index (χ3n) is 3.67. The molecule has 0 spiro atoms. The van der Waals surface area contributed by atoms with Crippen molar-refractivity contribution in [2.24, 2.45) is 15.9 Å². The van der Waals surface area contributed by atoms with E-state index < -0.39 is 5.54 Å². The van der Waals surface area contributed by atoms with Gasteiger partial charge < -0.3 is 10.5 Å². The molecule has 0 fully saturated rings. The highest BCUT2D eigenvalue weighted by atomic mass is 16.5.